The van der Waals surface area contributed by atoms with E-state index in [9.17, 15) is 9.59 Å². The monoisotopic (exact) mass is 210 g/mol. The number of hydrogen-bond acceptors (Lipinski definition) is 4. The van der Waals surface area contributed by atoms with E-state index in [2.05, 4.69) is 9.97 Å². The number of methoxy groups -OCH3 is 1. The van der Waals surface area contributed by atoms with Crippen LogP contribution in [0.4, 0.5) is 0 Å². The Bertz CT molecular complexity index is 634. The Balaban J connectivity index is 3.08. The highest BCUT2D eigenvalue weighted by molar-refractivity contribution is 5.71. The zero-order chi connectivity index (χ0) is 11.2. The van der Waals surface area contributed by atoms with Crippen molar-refractivity contribution in [3.8, 4) is 6.01 Å². The zero-order valence-corrected chi connectivity index (χ0v) is 8.57. The molecule has 7 nitrogen and oxygen atoms in total. The van der Waals surface area contributed by atoms with Crippen LogP contribution in [0.1, 0.15) is 0 Å². The Hall–Kier alpha value is -2.05. The smallest absolute Gasteiger partial charge is 0.329 e. The minimum atomic E-state index is -0.507. The van der Waals surface area contributed by atoms with Crippen molar-refractivity contribution in [2.45, 2.75) is 0 Å². The molecule has 0 saturated carbocycles. The normalized spacial score (nSPS) is 10.9. The maximum absolute atomic E-state index is 11.4. The summed E-state index contributed by atoms with van der Waals surface area (Å²) in [6, 6.07) is 0.289. The van der Waals surface area contributed by atoms with Crippen LogP contribution in [0.5, 0.6) is 6.01 Å². The van der Waals surface area contributed by atoms with Gasteiger partial charge in [-0.2, -0.15) is 4.98 Å². The molecule has 0 aliphatic heterocycles. The summed E-state index contributed by atoms with van der Waals surface area (Å²) in [4.78, 5) is 28.9. The molecule has 0 spiro atoms. The predicted octanol–water partition coefficient (Wildman–Crippen LogP) is -1.03. The van der Waals surface area contributed by atoms with Gasteiger partial charge in [-0.1, -0.05) is 0 Å². The highest BCUT2D eigenvalue weighted by Crippen LogP contribution is 2.13. The van der Waals surface area contributed by atoms with Crippen LogP contribution in [0.15, 0.2) is 9.59 Å². The van der Waals surface area contributed by atoms with Gasteiger partial charge >= 0.3 is 5.69 Å². The summed E-state index contributed by atoms with van der Waals surface area (Å²) in [7, 11) is 4.68. The van der Waals surface area contributed by atoms with E-state index in [1.54, 1.807) is 18.7 Å². The molecule has 0 atom stereocenters. The van der Waals surface area contributed by atoms with E-state index in [0.717, 1.165) is 0 Å². The second-order valence-electron chi connectivity index (χ2n) is 3.15. The summed E-state index contributed by atoms with van der Waals surface area (Å²) in [5.74, 6) is 0. The first-order valence-electron chi connectivity index (χ1n) is 4.26. The van der Waals surface area contributed by atoms with Crippen LogP contribution in [0.2, 0.25) is 0 Å². The van der Waals surface area contributed by atoms with Gasteiger partial charge < -0.3 is 4.74 Å². The maximum Gasteiger partial charge on any atom is 0.329 e. The molecule has 0 aliphatic carbocycles. The summed E-state index contributed by atoms with van der Waals surface area (Å²) >= 11 is 0. The van der Waals surface area contributed by atoms with Crippen LogP contribution in [0, 0.1) is 0 Å². The fourth-order valence-electron chi connectivity index (χ4n) is 1.53. The SMILES string of the molecule is COc1nc2c(=O)[nH]c(=O)n(C)c2n1C. The number of aromatic amines is 1. The molecule has 0 aromatic carbocycles. The number of hydrogen-bond donors (Lipinski definition) is 1. The highest BCUT2D eigenvalue weighted by atomic mass is 16.5. The highest BCUT2D eigenvalue weighted by Gasteiger charge is 2.14. The van der Waals surface area contributed by atoms with Crippen molar-refractivity contribution in [1.29, 1.82) is 0 Å². The first-order valence-corrected chi connectivity index (χ1v) is 4.26. The van der Waals surface area contributed by atoms with E-state index in [0.29, 0.717) is 5.65 Å². The van der Waals surface area contributed by atoms with Crippen LogP contribution < -0.4 is 16.0 Å². The Kier molecular flexibility index (Phi) is 1.88. The van der Waals surface area contributed by atoms with Crippen molar-refractivity contribution in [1.82, 2.24) is 19.1 Å². The molecule has 0 amide bonds. The number of imidazole rings is 1. The van der Waals surface area contributed by atoms with Crippen molar-refractivity contribution in [3.05, 3.63) is 20.8 Å². The van der Waals surface area contributed by atoms with E-state index in [1.165, 1.54) is 11.7 Å². The average molecular weight is 210 g/mol. The predicted molar refractivity (Wildman–Crippen MR) is 53.1 cm³/mol. The first kappa shape index (κ1) is 9.50. The summed E-state index contributed by atoms with van der Waals surface area (Å²) in [6.07, 6.45) is 0. The molecule has 0 saturated heterocycles. The third-order valence-electron chi connectivity index (χ3n) is 2.26. The van der Waals surface area contributed by atoms with E-state index in [-0.39, 0.29) is 11.5 Å². The average Bonchev–Trinajstić information content (AvgIpc) is 2.53. The first-order chi connectivity index (χ1) is 7.06. The van der Waals surface area contributed by atoms with Crippen molar-refractivity contribution < 1.29 is 4.74 Å². The summed E-state index contributed by atoms with van der Waals surface area (Å²) in [6.45, 7) is 0. The summed E-state index contributed by atoms with van der Waals surface area (Å²) in [5.41, 5.74) is -0.359. The van der Waals surface area contributed by atoms with Crippen molar-refractivity contribution in [2.24, 2.45) is 14.1 Å². The number of aryl methyl sites for hydroxylation is 2. The Morgan fingerprint density at radius 3 is 2.53 bits per heavy atom. The largest absolute Gasteiger partial charge is 0.468 e. The Morgan fingerprint density at radius 2 is 1.93 bits per heavy atom. The molecule has 0 bridgehead atoms. The maximum atomic E-state index is 11.4. The van der Waals surface area contributed by atoms with Gasteiger partial charge in [0, 0.05) is 14.1 Å². The summed E-state index contributed by atoms with van der Waals surface area (Å²) in [5, 5.41) is 0. The van der Waals surface area contributed by atoms with E-state index in [4.69, 9.17) is 4.74 Å². The minimum absolute atomic E-state index is 0.191. The molecule has 2 aromatic heterocycles. The molecule has 0 unspecified atom stereocenters. The number of aromatic nitrogens is 4. The van der Waals surface area contributed by atoms with E-state index in [1.807, 2.05) is 0 Å². The van der Waals surface area contributed by atoms with Gasteiger partial charge in [0.15, 0.2) is 11.2 Å². The standard InChI is InChI=1S/C8H10N4O3/c1-11-6-4(5(13)10-7(11)14)9-8(15-3)12(6)2/h1-3H3,(H,10,13,14). The quantitative estimate of drug-likeness (QED) is 0.652. The molecule has 2 aromatic rings. The molecule has 0 fully saturated rings. The molecule has 7 heteroatoms. The number of ether oxygens (including phenoxy) is 1. The molecule has 0 aliphatic rings. The Morgan fingerprint density at radius 1 is 1.27 bits per heavy atom. The molecule has 80 valence electrons. The van der Waals surface area contributed by atoms with Crippen molar-refractivity contribution >= 4 is 11.2 Å². The molecule has 0 radical (unpaired) electrons. The molecule has 2 heterocycles. The topological polar surface area (TPSA) is 81.9 Å². The number of H-pyrrole nitrogens is 1. The zero-order valence-electron chi connectivity index (χ0n) is 8.57. The number of nitrogens with zero attached hydrogens (tertiary/aromatic N) is 3. The van der Waals surface area contributed by atoms with Gasteiger partial charge in [-0.3, -0.25) is 18.9 Å². The van der Waals surface area contributed by atoms with E-state index < -0.39 is 11.2 Å². The van der Waals surface area contributed by atoms with E-state index >= 15 is 0 Å². The van der Waals surface area contributed by atoms with Crippen LogP contribution in [0.3, 0.4) is 0 Å². The van der Waals surface area contributed by atoms with Gasteiger partial charge in [0.2, 0.25) is 0 Å². The van der Waals surface area contributed by atoms with Gasteiger partial charge in [0.25, 0.3) is 11.6 Å². The molecular formula is C8H10N4O3. The lowest BCUT2D eigenvalue weighted by molar-refractivity contribution is 0.368. The Labute approximate surface area is 83.9 Å². The van der Waals surface area contributed by atoms with Crippen molar-refractivity contribution in [2.75, 3.05) is 7.11 Å². The lowest BCUT2D eigenvalue weighted by Gasteiger charge is -2.02. The van der Waals surface area contributed by atoms with Crippen molar-refractivity contribution in [3.63, 3.8) is 0 Å². The van der Waals surface area contributed by atoms with Gasteiger partial charge in [0.1, 0.15) is 0 Å². The van der Waals surface area contributed by atoms with Gasteiger partial charge in [-0.15, -0.1) is 0 Å². The molecule has 15 heavy (non-hydrogen) atoms. The second kappa shape index (κ2) is 2.97. The molecule has 2 rings (SSSR count). The van der Waals surface area contributed by atoms with Crippen LogP contribution >= 0.6 is 0 Å². The van der Waals surface area contributed by atoms with Gasteiger partial charge in [-0.25, -0.2) is 4.79 Å². The fourth-order valence-corrected chi connectivity index (χ4v) is 1.53. The summed E-state index contributed by atoms with van der Waals surface area (Å²) < 4.78 is 7.82. The molecular weight excluding hydrogens is 200 g/mol. The number of nitrogens with one attached hydrogen (secondary N) is 1. The lowest BCUT2D eigenvalue weighted by Crippen LogP contribution is -2.29. The number of rotatable bonds is 1. The van der Waals surface area contributed by atoms with Gasteiger partial charge in [-0.05, 0) is 0 Å². The van der Waals surface area contributed by atoms with Crippen LogP contribution in [0.25, 0.3) is 11.2 Å². The molecule has 1 N–H and O–H groups in total. The minimum Gasteiger partial charge on any atom is -0.468 e. The third-order valence-corrected chi connectivity index (χ3v) is 2.26. The fraction of sp³-hybridized carbons (Fsp3) is 0.375. The number of fused-ring (bicyclic) bond motifs is 1. The lowest BCUT2D eigenvalue weighted by atomic mass is 10.5. The second-order valence-corrected chi connectivity index (χ2v) is 3.15. The van der Waals surface area contributed by atoms with Gasteiger partial charge in [0.05, 0.1) is 7.11 Å². The third kappa shape index (κ3) is 1.16. The van der Waals surface area contributed by atoms with Crippen LogP contribution in [-0.4, -0.2) is 26.2 Å². The van der Waals surface area contributed by atoms with Crippen LogP contribution in [-0.2, 0) is 14.1 Å².